The molecule has 2 nitrogen and oxygen atoms in total. The second-order valence-electron chi connectivity index (χ2n) is 7.99. The lowest BCUT2D eigenvalue weighted by molar-refractivity contribution is -0.662. The minimum Gasteiger partial charge on any atom is -0.232 e. The quantitative estimate of drug-likeness (QED) is 0.362. The summed E-state index contributed by atoms with van der Waals surface area (Å²) < 4.78 is 2.19. The number of benzene rings is 3. The summed E-state index contributed by atoms with van der Waals surface area (Å²) in [4.78, 5) is 7.45. The second-order valence-corrected chi connectivity index (χ2v) is 9.07. The van der Waals surface area contributed by atoms with Gasteiger partial charge in [-0.1, -0.05) is 49.9 Å². The monoisotopic (exact) mass is 371 g/mol. The zero-order valence-corrected chi connectivity index (χ0v) is 17.0. The van der Waals surface area contributed by atoms with Crippen molar-refractivity contribution in [1.82, 2.24) is 4.98 Å². The first-order chi connectivity index (χ1) is 13.0. The lowest BCUT2D eigenvalue weighted by Crippen LogP contribution is -2.32. The molecule has 5 rings (SSSR count). The van der Waals surface area contributed by atoms with Crippen LogP contribution in [0.1, 0.15) is 25.0 Å². The number of hydrogen-bond acceptors (Lipinski definition) is 2. The number of aryl methyl sites for hydroxylation is 2. The standard InChI is InChI=1S/C24H23N2S/c1-14(2)9-16-10-19-23-20(11-16)27-21-12-17-7-5-6-8-18(17)15(3)22(21)24(23)26(4)13-25-19/h5-8,10-14H,9H2,1-4H3/q+1. The zero-order chi connectivity index (χ0) is 18.7. The Morgan fingerprint density at radius 1 is 1.07 bits per heavy atom. The van der Waals surface area contributed by atoms with E-state index < -0.39 is 0 Å². The number of nitrogens with zero attached hydrogens (tertiary/aromatic N) is 2. The van der Waals surface area contributed by atoms with Gasteiger partial charge in [-0.2, -0.15) is 0 Å². The van der Waals surface area contributed by atoms with Gasteiger partial charge in [-0.3, -0.25) is 0 Å². The number of hydrogen-bond donors (Lipinski definition) is 0. The first-order valence-electron chi connectivity index (χ1n) is 9.54. The Morgan fingerprint density at radius 2 is 1.89 bits per heavy atom. The van der Waals surface area contributed by atoms with Crippen molar-refractivity contribution in [3.8, 4) is 11.3 Å². The minimum absolute atomic E-state index is 0.640. The molecule has 4 aromatic rings. The summed E-state index contributed by atoms with van der Waals surface area (Å²) in [7, 11) is 2.11. The Balaban J connectivity index is 1.88. The molecule has 0 amide bonds. The van der Waals surface area contributed by atoms with Gasteiger partial charge in [0, 0.05) is 15.4 Å². The van der Waals surface area contributed by atoms with Crippen LogP contribution in [0.4, 0.5) is 0 Å². The molecule has 1 aliphatic rings. The van der Waals surface area contributed by atoms with Gasteiger partial charge in [-0.05, 0) is 64.3 Å². The van der Waals surface area contributed by atoms with Crippen molar-refractivity contribution >= 4 is 33.4 Å². The van der Waals surface area contributed by atoms with Gasteiger partial charge in [0.05, 0.1) is 12.4 Å². The average molecular weight is 372 g/mol. The number of aromatic nitrogens is 2. The summed E-state index contributed by atoms with van der Waals surface area (Å²) in [5, 5.41) is 3.95. The van der Waals surface area contributed by atoms with E-state index in [-0.39, 0.29) is 0 Å². The van der Waals surface area contributed by atoms with Gasteiger partial charge < -0.3 is 0 Å². The number of rotatable bonds is 2. The number of fused-ring (bicyclic) bond motifs is 3. The molecular formula is C24H23N2S+. The van der Waals surface area contributed by atoms with Crippen LogP contribution in [0, 0.1) is 12.8 Å². The average Bonchev–Trinajstić information content (AvgIpc) is 2.63. The van der Waals surface area contributed by atoms with E-state index in [1.807, 2.05) is 18.1 Å². The van der Waals surface area contributed by atoms with E-state index in [2.05, 4.69) is 74.9 Å². The summed E-state index contributed by atoms with van der Waals surface area (Å²) in [5.41, 5.74) is 6.51. The molecule has 2 heterocycles. The van der Waals surface area contributed by atoms with Crippen molar-refractivity contribution in [3.63, 3.8) is 0 Å². The Labute approximate surface area is 164 Å². The van der Waals surface area contributed by atoms with E-state index in [9.17, 15) is 0 Å². The van der Waals surface area contributed by atoms with Crippen molar-refractivity contribution < 1.29 is 4.57 Å². The van der Waals surface area contributed by atoms with E-state index in [0.717, 1.165) is 11.9 Å². The van der Waals surface area contributed by atoms with Crippen LogP contribution in [-0.4, -0.2) is 4.98 Å². The summed E-state index contributed by atoms with van der Waals surface area (Å²) in [5.74, 6) is 0.640. The van der Waals surface area contributed by atoms with Gasteiger partial charge in [0.15, 0.2) is 5.52 Å². The molecule has 3 heteroatoms. The van der Waals surface area contributed by atoms with Crippen LogP contribution in [0.5, 0.6) is 0 Å². The molecule has 134 valence electrons. The predicted octanol–water partition coefficient (Wildman–Crippen LogP) is 5.85. The Kier molecular flexibility index (Phi) is 3.76. The van der Waals surface area contributed by atoms with Gasteiger partial charge in [0.1, 0.15) is 5.69 Å². The molecule has 0 N–H and O–H groups in total. The molecular weight excluding hydrogens is 348 g/mol. The second kappa shape index (κ2) is 6.07. The van der Waals surface area contributed by atoms with Crippen molar-refractivity contribution in [2.45, 2.75) is 37.0 Å². The maximum absolute atomic E-state index is 4.77. The molecule has 1 aromatic heterocycles. The third-order valence-electron chi connectivity index (χ3n) is 5.47. The minimum atomic E-state index is 0.640. The first-order valence-corrected chi connectivity index (χ1v) is 10.4. The molecule has 0 radical (unpaired) electrons. The van der Waals surface area contributed by atoms with Crippen LogP contribution in [0.15, 0.2) is 58.6 Å². The van der Waals surface area contributed by atoms with Crippen molar-refractivity contribution in [2.75, 3.05) is 0 Å². The van der Waals surface area contributed by atoms with Crippen LogP contribution in [0.3, 0.4) is 0 Å². The lowest BCUT2D eigenvalue weighted by atomic mass is 9.94. The van der Waals surface area contributed by atoms with Crippen molar-refractivity contribution in [3.05, 3.63) is 59.9 Å². The lowest BCUT2D eigenvalue weighted by Gasteiger charge is -2.22. The Hall–Kier alpha value is -2.39. The highest BCUT2D eigenvalue weighted by Crippen LogP contribution is 2.49. The molecule has 27 heavy (non-hydrogen) atoms. The van der Waals surface area contributed by atoms with Gasteiger partial charge in [-0.15, -0.1) is 0 Å². The zero-order valence-electron chi connectivity index (χ0n) is 16.2. The summed E-state index contributed by atoms with van der Waals surface area (Å²) in [6.07, 6.45) is 3.06. The third kappa shape index (κ3) is 2.56. The van der Waals surface area contributed by atoms with Crippen molar-refractivity contribution in [2.24, 2.45) is 13.0 Å². The molecule has 0 saturated heterocycles. The maximum atomic E-state index is 4.77. The fourth-order valence-corrected chi connectivity index (χ4v) is 5.63. The van der Waals surface area contributed by atoms with Gasteiger partial charge >= 0.3 is 0 Å². The highest BCUT2D eigenvalue weighted by molar-refractivity contribution is 7.99. The van der Waals surface area contributed by atoms with Gasteiger partial charge in [0.25, 0.3) is 6.33 Å². The largest absolute Gasteiger partial charge is 0.287 e. The summed E-state index contributed by atoms with van der Waals surface area (Å²) in [6, 6.07) is 15.7. The fourth-order valence-electron chi connectivity index (χ4n) is 4.34. The third-order valence-corrected chi connectivity index (χ3v) is 6.56. The normalized spacial score (nSPS) is 12.8. The smallest absolute Gasteiger partial charge is 0.232 e. The maximum Gasteiger partial charge on any atom is 0.287 e. The molecule has 0 aliphatic carbocycles. The van der Waals surface area contributed by atoms with Crippen LogP contribution in [0.2, 0.25) is 0 Å². The van der Waals surface area contributed by atoms with Gasteiger partial charge in [0.2, 0.25) is 0 Å². The molecule has 0 atom stereocenters. The molecule has 0 bridgehead atoms. The molecule has 1 aliphatic heterocycles. The molecule has 0 unspecified atom stereocenters. The Morgan fingerprint density at radius 3 is 2.70 bits per heavy atom. The SMILES string of the molecule is Cc1c2c(cc3ccccc13)Sc1cc(CC(C)C)cc3nc[n+](C)c-2c13. The highest BCUT2D eigenvalue weighted by atomic mass is 32.2. The van der Waals surface area contributed by atoms with E-state index in [1.54, 1.807) is 0 Å². The van der Waals surface area contributed by atoms with E-state index >= 15 is 0 Å². The topological polar surface area (TPSA) is 16.8 Å². The predicted molar refractivity (Wildman–Crippen MR) is 113 cm³/mol. The van der Waals surface area contributed by atoms with E-state index in [0.29, 0.717) is 5.92 Å². The molecule has 0 fully saturated rings. The van der Waals surface area contributed by atoms with Gasteiger partial charge in [-0.25, -0.2) is 4.57 Å². The summed E-state index contributed by atoms with van der Waals surface area (Å²) in [6.45, 7) is 6.81. The van der Waals surface area contributed by atoms with Crippen LogP contribution in [0.25, 0.3) is 32.9 Å². The fraction of sp³-hybridized carbons (Fsp3) is 0.250. The Bertz CT molecular complexity index is 1220. The van der Waals surface area contributed by atoms with E-state index in [4.69, 9.17) is 4.98 Å². The van der Waals surface area contributed by atoms with Crippen LogP contribution < -0.4 is 4.57 Å². The molecule has 0 spiro atoms. The first kappa shape index (κ1) is 16.8. The van der Waals surface area contributed by atoms with E-state index in [1.165, 1.54) is 48.3 Å². The highest BCUT2D eigenvalue weighted by Gasteiger charge is 2.29. The van der Waals surface area contributed by atoms with Crippen molar-refractivity contribution in [1.29, 1.82) is 0 Å². The molecule has 0 saturated carbocycles. The summed E-state index contributed by atoms with van der Waals surface area (Å²) >= 11 is 1.90. The molecule has 3 aromatic carbocycles. The van der Waals surface area contributed by atoms with Crippen LogP contribution >= 0.6 is 11.8 Å². The van der Waals surface area contributed by atoms with Crippen LogP contribution in [-0.2, 0) is 13.5 Å².